The number of nitrogens with zero attached hydrogens (tertiary/aromatic N) is 2. The van der Waals surface area contributed by atoms with Crippen molar-refractivity contribution in [3.8, 4) is 0 Å². The molecule has 0 aliphatic heterocycles. The maximum Gasteiger partial charge on any atom is 0.170 e. The van der Waals surface area contributed by atoms with Crippen LogP contribution in [0.3, 0.4) is 0 Å². The lowest BCUT2D eigenvalue weighted by Gasteiger charge is -1.98. The van der Waals surface area contributed by atoms with Gasteiger partial charge in [0.25, 0.3) is 0 Å². The van der Waals surface area contributed by atoms with E-state index in [1.165, 1.54) is 0 Å². The molecule has 0 aliphatic carbocycles. The molecule has 0 aromatic carbocycles. The first kappa shape index (κ1) is 9.71. The maximum atomic E-state index is 11.5. The van der Waals surface area contributed by atoms with Crippen molar-refractivity contribution < 1.29 is 4.79 Å². The van der Waals surface area contributed by atoms with Crippen LogP contribution in [0.1, 0.15) is 30.1 Å². The lowest BCUT2D eigenvalue weighted by molar-refractivity contribution is 0.0992. The summed E-state index contributed by atoms with van der Waals surface area (Å²) < 4.78 is 1.63. The molecule has 0 fully saturated rings. The smallest absolute Gasteiger partial charge is 0.170 e. The number of carbonyl (C=O) groups excluding carboxylic acids is 1. The fourth-order valence-electron chi connectivity index (χ4n) is 1.02. The minimum absolute atomic E-state index is 0.0972. The number of allylic oxidation sites excluding steroid dienone is 1. The van der Waals surface area contributed by atoms with Gasteiger partial charge in [-0.3, -0.25) is 9.48 Å². The first-order valence-electron chi connectivity index (χ1n) is 4.32. The molecule has 0 saturated carbocycles. The summed E-state index contributed by atoms with van der Waals surface area (Å²) >= 11 is 0. The summed E-state index contributed by atoms with van der Waals surface area (Å²) in [5.74, 6) is 0.0972. The summed E-state index contributed by atoms with van der Waals surface area (Å²) in [6.45, 7) is 5.80. The molecule has 0 aliphatic rings. The molecular weight excluding hydrogens is 164 g/mol. The summed E-state index contributed by atoms with van der Waals surface area (Å²) in [6.07, 6.45) is 4.60. The van der Waals surface area contributed by atoms with Crippen LogP contribution in [0.15, 0.2) is 24.5 Å². The van der Waals surface area contributed by atoms with Gasteiger partial charge in [0.05, 0.1) is 11.8 Å². The Morgan fingerprint density at radius 2 is 2.38 bits per heavy atom. The molecular formula is C10H14N2O. The van der Waals surface area contributed by atoms with Crippen LogP contribution < -0.4 is 0 Å². The molecule has 0 atom stereocenters. The monoisotopic (exact) mass is 178 g/mol. The first-order chi connectivity index (χ1) is 6.13. The second-order valence-corrected chi connectivity index (χ2v) is 3.11. The van der Waals surface area contributed by atoms with Crippen molar-refractivity contribution in [3.63, 3.8) is 0 Å². The maximum absolute atomic E-state index is 11.5. The van der Waals surface area contributed by atoms with Gasteiger partial charge in [0.1, 0.15) is 0 Å². The first-order valence-corrected chi connectivity index (χ1v) is 4.32. The van der Waals surface area contributed by atoms with Crippen molar-refractivity contribution >= 4 is 5.78 Å². The Hall–Kier alpha value is -1.38. The number of Topliss-reactive ketones (excluding diaryl/α,β-unsaturated/α-hetero) is 1. The van der Waals surface area contributed by atoms with E-state index in [0.29, 0.717) is 12.0 Å². The van der Waals surface area contributed by atoms with Crippen LogP contribution in [-0.4, -0.2) is 15.6 Å². The molecule has 0 spiro atoms. The number of ketones is 1. The van der Waals surface area contributed by atoms with Crippen molar-refractivity contribution in [2.24, 2.45) is 7.05 Å². The van der Waals surface area contributed by atoms with E-state index in [0.717, 1.165) is 12.0 Å². The average Bonchev–Trinajstić information content (AvgIpc) is 2.51. The third kappa shape index (κ3) is 2.54. The van der Waals surface area contributed by atoms with Gasteiger partial charge in [-0.15, -0.1) is 0 Å². The number of hydrogen-bond donors (Lipinski definition) is 0. The second kappa shape index (κ2) is 4.03. The third-order valence-electron chi connectivity index (χ3n) is 1.94. The number of rotatable bonds is 4. The zero-order chi connectivity index (χ0) is 9.84. The zero-order valence-corrected chi connectivity index (χ0v) is 8.08. The van der Waals surface area contributed by atoms with E-state index in [9.17, 15) is 4.79 Å². The average molecular weight is 178 g/mol. The molecule has 0 bridgehead atoms. The second-order valence-electron chi connectivity index (χ2n) is 3.11. The van der Waals surface area contributed by atoms with E-state index < -0.39 is 0 Å². The molecule has 0 amide bonds. The van der Waals surface area contributed by atoms with Gasteiger partial charge in [0.15, 0.2) is 5.78 Å². The summed E-state index contributed by atoms with van der Waals surface area (Å²) in [6, 6.07) is 0. The summed E-state index contributed by atoms with van der Waals surface area (Å²) in [5, 5.41) is 3.94. The van der Waals surface area contributed by atoms with Crippen molar-refractivity contribution in [2.45, 2.75) is 19.8 Å². The highest BCUT2D eigenvalue weighted by atomic mass is 16.1. The molecule has 0 saturated heterocycles. The van der Waals surface area contributed by atoms with E-state index in [4.69, 9.17) is 0 Å². The number of aromatic nitrogens is 2. The Morgan fingerprint density at radius 1 is 1.69 bits per heavy atom. The van der Waals surface area contributed by atoms with Crippen molar-refractivity contribution in [1.82, 2.24) is 9.78 Å². The molecule has 3 nitrogen and oxygen atoms in total. The Bertz CT molecular complexity index is 325. The number of aryl methyl sites for hydroxylation is 1. The van der Waals surface area contributed by atoms with Gasteiger partial charge in [0.2, 0.25) is 0 Å². The molecule has 0 N–H and O–H groups in total. The minimum Gasteiger partial charge on any atom is -0.294 e. The van der Waals surface area contributed by atoms with Gasteiger partial charge in [-0.25, -0.2) is 0 Å². The van der Waals surface area contributed by atoms with Crippen LogP contribution >= 0.6 is 0 Å². The Morgan fingerprint density at radius 3 is 2.85 bits per heavy atom. The minimum atomic E-state index is 0.0972. The van der Waals surface area contributed by atoms with Crippen molar-refractivity contribution in [3.05, 3.63) is 30.1 Å². The van der Waals surface area contributed by atoms with Crippen molar-refractivity contribution in [1.29, 1.82) is 0 Å². The fraction of sp³-hybridized carbons (Fsp3) is 0.400. The lowest BCUT2D eigenvalue weighted by atomic mass is 10.1. The van der Waals surface area contributed by atoms with Gasteiger partial charge in [-0.2, -0.15) is 5.10 Å². The van der Waals surface area contributed by atoms with E-state index >= 15 is 0 Å². The zero-order valence-electron chi connectivity index (χ0n) is 8.08. The topological polar surface area (TPSA) is 34.9 Å². The van der Waals surface area contributed by atoms with Crippen LogP contribution in [0.25, 0.3) is 0 Å². The predicted molar refractivity (Wildman–Crippen MR) is 51.6 cm³/mol. The van der Waals surface area contributed by atoms with E-state index in [1.807, 2.05) is 6.92 Å². The molecule has 13 heavy (non-hydrogen) atoms. The number of carbonyl (C=O) groups is 1. The Kier molecular flexibility index (Phi) is 3.01. The summed E-state index contributed by atoms with van der Waals surface area (Å²) in [5.41, 5.74) is 1.63. The van der Waals surface area contributed by atoms with Crippen LogP contribution in [-0.2, 0) is 7.05 Å². The summed E-state index contributed by atoms with van der Waals surface area (Å²) in [4.78, 5) is 11.5. The Balaban J connectivity index is 2.64. The van der Waals surface area contributed by atoms with Crippen LogP contribution in [0, 0.1) is 0 Å². The highest BCUT2D eigenvalue weighted by Gasteiger charge is 2.08. The molecule has 1 rings (SSSR count). The van der Waals surface area contributed by atoms with Crippen LogP contribution in [0.4, 0.5) is 0 Å². The van der Waals surface area contributed by atoms with Crippen LogP contribution in [0.5, 0.6) is 0 Å². The quantitative estimate of drug-likeness (QED) is 0.521. The molecule has 1 aromatic rings. The number of hydrogen-bond acceptors (Lipinski definition) is 2. The highest BCUT2D eigenvalue weighted by Crippen LogP contribution is 2.09. The Labute approximate surface area is 78.1 Å². The van der Waals surface area contributed by atoms with Crippen LogP contribution in [0.2, 0.25) is 0 Å². The third-order valence-corrected chi connectivity index (χ3v) is 1.94. The molecule has 3 heteroatoms. The largest absolute Gasteiger partial charge is 0.294 e. The summed E-state index contributed by atoms with van der Waals surface area (Å²) in [7, 11) is 1.80. The van der Waals surface area contributed by atoms with Gasteiger partial charge in [-0.05, 0) is 6.42 Å². The van der Waals surface area contributed by atoms with E-state index in [-0.39, 0.29) is 5.78 Å². The van der Waals surface area contributed by atoms with E-state index in [1.54, 1.807) is 24.1 Å². The molecule has 0 unspecified atom stereocenters. The van der Waals surface area contributed by atoms with Crippen molar-refractivity contribution in [2.75, 3.05) is 0 Å². The molecule has 0 radical (unpaired) electrons. The molecule has 1 aromatic heterocycles. The molecule has 70 valence electrons. The van der Waals surface area contributed by atoms with Gasteiger partial charge >= 0.3 is 0 Å². The van der Waals surface area contributed by atoms with Gasteiger partial charge in [0, 0.05) is 19.7 Å². The van der Waals surface area contributed by atoms with E-state index in [2.05, 4.69) is 11.7 Å². The normalized spacial score (nSPS) is 10.0. The SMILES string of the molecule is C=C(CC)CC(=O)c1cnn(C)c1. The standard InChI is InChI=1S/C10H14N2O/c1-4-8(2)5-10(13)9-6-11-12(3)7-9/h6-7H,2,4-5H2,1,3H3. The highest BCUT2D eigenvalue weighted by molar-refractivity contribution is 5.96. The lowest BCUT2D eigenvalue weighted by Crippen LogP contribution is -1.98. The predicted octanol–water partition coefficient (Wildman–Crippen LogP) is 1.96. The molecule has 1 heterocycles. The van der Waals surface area contributed by atoms with Gasteiger partial charge < -0.3 is 0 Å². The fourth-order valence-corrected chi connectivity index (χ4v) is 1.02. The van der Waals surface area contributed by atoms with Gasteiger partial charge in [-0.1, -0.05) is 19.1 Å².